The third-order valence-electron chi connectivity index (χ3n) is 4.49. The molecular weight excluding hydrogens is 300 g/mol. The topological polar surface area (TPSA) is 81.5 Å². The van der Waals surface area contributed by atoms with Crippen LogP contribution in [0.15, 0.2) is 59.5 Å². The normalized spacial score (nSPS) is 15.5. The van der Waals surface area contributed by atoms with Crippen LogP contribution in [-0.4, -0.2) is 26.7 Å². The summed E-state index contributed by atoms with van der Waals surface area (Å²) in [5.74, 6) is -0.361. The SMILES string of the molecule is CC1=C(C#N)C(c2cccc(-n3cncn3)c2)C(C#N)=C(C)N1C. The standard InChI is InChI=1S/C18H16N6/c1-12-16(8-19)18(17(9-20)13(2)23(12)3)14-5-4-6-15(7-14)24-11-21-10-22-24/h4-7,10-11,18H,1-3H3. The van der Waals surface area contributed by atoms with Gasteiger partial charge >= 0.3 is 0 Å². The fourth-order valence-corrected chi connectivity index (χ4v) is 2.99. The van der Waals surface area contributed by atoms with E-state index in [0.717, 1.165) is 22.6 Å². The summed E-state index contributed by atoms with van der Waals surface area (Å²) >= 11 is 0. The highest BCUT2D eigenvalue weighted by Gasteiger charge is 2.31. The molecule has 0 N–H and O–H groups in total. The first-order valence-electron chi connectivity index (χ1n) is 7.49. The van der Waals surface area contributed by atoms with Gasteiger partial charge in [-0.1, -0.05) is 12.1 Å². The van der Waals surface area contributed by atoms with E-state index in [2.05, 4.69) is 22.2 Å². The minimum Gasteiger partial charge on any atom is -0.350 e. The summed E-state index contributed by atoms with van der Waals surface area (Å²) < 4.78 is 1.66. The molecule has 1 aromatic heterocycles. The molecule has 1 aromatic carbocycles. The van der Waals surface area contributed by atoms with E-state index < -0.39 is 0 Å². The Morgan fingerprint density at radius 2 is 1.75 bits per heavy atom. The number of benzene rings is 1. The Kier molecular flexibility index (Phi) is 3.89. The number of hydrogen-bond acceptors (Lipinski definition) is 5. The number of nitrogens with zero attached hydrogens (tertiary/aromatic N) is 6. The summed E-state index contributed by atoms with van der Waals surface area (Å²) in [6, 6.07) is 12.3. The van der Waals surface area contributed by atoms with E-state index in [0.29, 0.717) is 11.1 Å². The Bertz CT molecular complexity index is 883. The molecule has 0 amide bonds. The maximum absolute atomic E-state index is 9.67. The van der Waals surface area contributed by atoms with Crippen LogP contribution in [0.1, 0.15) is 25.3 Å². The third kappa shape index (κ3) is 2.35. The van der Waals surface area contributed by atoms with Crippen molar-refractivity contribution in [2.24, 2.45) is 0 Å². The van der Waals surface area contributed by atoms with Crippen LogP contribution in [0, 0.1) is 22.7 Å². The molecule has 1 aliphatic rings. The number of allylic oxidation sites excluding steroid dienone is 4. The van der Waals surface area contributed by atoms with Crippen molar-refractivity contribution in [1.82, 2.24) is 19.7 Å². The van der Waals surface area contributed by atoms with Crippen molar-refractivity contribution in [3.05, 3.63) is 65.0 Å². The van der Waals surface area contributed by atoms with Gasteiger partial charge in [0, 0.05) is 18.4 Å². The van der Waals surface area contributed by atoms with Crippen LogP contribution in [0.3, 0.4) is 0 Å². The highest BCUT2D eigenvalue weighted by Crippen LogP contribution is 2.40. The van der Waals surface area contributed by atoms with Gasteiger partial charge in [-0.2, -0.15) is 15.6 Å². The van der Waals surface area contributed by atoms with Gasteiger partial charge in [-0.3, -0.25) is 0 Å². The Morgan fingerprint density at radius 1 is 1.08 bits per heavy atom. The Morgan fingerprint density at radius 3 is 2.29 bits per heavy atom. The van der Waals surface area contributed by atoms with Gasteiger partial charge in [0.15, 0.2) is 0 Å². The zero-order chi connectivity index (χ0) is 17.3. The molecule has 118 valence electrons. The van der Waals surface area contributed by atoms with Gasteiger partial charge in [0.05, 0.1) is 34.9 Å². The summed E-state index contributed by atoms with van der Waals surface area (Å²) in [5.41, 5.74) is 4.65. The molecule has 6 heteroatoms. The molecule has 1 aliphatic heterocycles. The van der Waals surface area contributed by atoms with Crippen molar-refractivity contribution < 1.29 is 0 Å². The zero-order valence-electron chi connectivity index (χ0n) is 13.7. The molecule has 0 radical (unpaired) electrons. The molecule has 2 heterocycles. The van der Waals surface area contributed by atoms with Gasteiger partial charge in [0.2, 0.25) is 0 Å². The molecule has 0 spiro atoms. The van der Waals surface area contributed by atoms with Gasteiger partial charge in [0.1, 0.15) is 12.7 Å². The second kappa shape index (κ2) is 6.02. The molecule has 0 saturated carbocycles. The summed E-state index contributed by atoms with van der Waals surface area (Å²) in [5, 5.41) is 23.5. The Labute approximate surface area is 140 Å². The number of aromatic nitrogens is 3. The Hall–Kier alpha value is -3.38. The van der Waals surface area contributed by atoms with Gasteiger partial charge in [-0.05, 0) is 31.5 Å². The summed E-state index contributed by atoms with van der Waals surface area (Å²) in [6.45, 7) is 3.81. The van der Waals surface area contributed by atoms with E-state index in [1.165, 1.54) is 6.33 Å². The first kappa shape index (κ1) is 15.5. The minimum absolute atomic E-state index is 0.361. The van der Waals surface area contributed by atoms with Crippen molar-refractivity contribution in [3.8, 4) is 17.8 Å². The lowest BCUT2D eigenvalue weighted by Gasteiger charge is -2.32. The van der Waals surface area contributed by atoms with Crippen molar-refractivity contribution in [2.45, 2.75) is 19.8 Å². The first-order valence-corrected chi connectivity index (χ1v) is 7.49. The van der Waals surface area contributed by atoms with Crippen LogP contribution in [0.5, 0.6) is 0 Å². The molecule has 0 saturated heterocycles. The average molecular weight is 316 g/mol. The molecule has 6 nitrogen and oxygen atoms in total. The van der Waals surface area contributed by atoms with Gasteiger partial charge < -0.3 is 4.90 Å². The summed E-state index contributed by atoms with van der Waals surface area (Å²) in [6.07, 6.45) is 3.09. The van der Waals surface area contributed by atoms with E-state index in [1.54, 1.807) is 11.0 Å². The van der Waals surface area contributed by atoms with Crippen molar-refractivity contribution >= 4 is 0 Å². The van der Waals surface area contributed by atoms with Crippen LogP contribution in [-0.2, 0) is 0 Å². The van der Waals surface area contributed by atoms with E-state index in [-0.39, 0.29) is 5.92 Å². The summed E-state index contributed by atoms with van der Waals surface area (Å²) in [7, 11) is 1.88. The maximum Gasteiger partial charge on any atom is 0.138 e. The molecule has 0 atom stereocenters. The zero-order valence-corrected chi connectivity index (χ0v) is 13.7. The molecule has 2 aromatic rings. The monoisotopic (exact) mass is 316 g/mol. The second-order valence-corrected chi connectivity index (χ2v) is 5.65. The minimum atomic E-state index is -0.361. The molecule has 3 rings (SSSR count). The van der Waals surface area contributed by atoms with E-state index in [9.17, 15) is 10.5 Å². The van der Waals surface area contributed by atoms with Crippen LogP contribution >= 0.6 is 0 Å². The fourth-order valence-electron chi connectivity index (χ4n) is 2.99. The smallest absolute Gasteiger partial charge is 0.138 e. The second-order valence-electron chi connectivity index (χ2n) is 5.65. The van der Waals surface area contributed by atoms with Crippen LogP contribution in [0.2, 0.25) is 0 Å². The summed E-state index contributed by atoms with van der Waals surface area (Å²) in [4.78, 5) is 5.86. The predicted octanol–water partition coefficient (Wildman–Crippen LogP) is 2.89. The van der Waals surface area contributed by atoms with Crippen molar-refractivity contribution in [1.29, 1.82) is 10.5 Å². The maximum atomic E-state index is 9.67. The fraction of sp³-hybridized carbons (Fsp3) is 0.222. The van der Waals surface area contributed by atoms with Gasteiger partial charge in [0.25, 0.3) is 0 Å². The number of rotatable bonds is 2. The lowest BCUT2D eigenvalue weighted by molar-refractivity contribution is 0.489. The molecule has 0 unspecified atom stereocenters. The quantitative estimate of drug-likeness (QED) is 0.851. The van der Waals surface area contributed by atoms with E-state index in [1.807, 2.05) is 50.1 Å². The third-order valence-corrected chi connectivity index (χ3v) is 4.49. The molecular formula is C18H16N6. The van der Waals surface area contributed by atoms with Crippen LogP contribution < -0.4 is 0 Å². The highest BCUT2D eigenvalue weighted by molar-refractivity contribution is 5.56. The van der Waals surface area contributed by atoms with Gasteiger partial charge in [-0.15, -0.1) is 0 Å². The first-order chi connectivity index (χ1) is 11.6. The molecule has 0 aliphatic carbocycles. The average Bonchev–Trinajstić information content (AvgIpc) is 3.14. The van der Waals surface area contributed by atoms with Crippen molar-refractivity contribution in [2.75, 3.05) is 7.05 Å². The van der Waals surface area contributed by atoms with E-state index >= 15 is 0 Å². The number of nitriles is 2. The molecule has 0 fully saturated rings. The van der Waals surface area contributed by atoms with Crippen LogP contribution in [0.25, 0.3) is 5.69 Å². The van der Waals surface area contributed by atoms with Gasteiger partial charge in [-0.25, -0.2) is 9.67 Å². The number of hydrogen-bond donors (Lipinski definition) is 0. The van der Waals surface area contributed by atoms with E-state index in [4.69, 9.17) is 0 Å². The lowest BCUT2D eigenvalue weighted by Crippen LogP contribution is -2.25. The van der Waals surface area contributed by atoms with Crippen molar-refractivity contribution in [3.63, 3.8) is 0 Å². The predicted molar refractivity (Wildman–Crippen MR) is 88.5 cm³/mol. The molecule has 0 bridgehead atoms. The Balaban J connectivity index is 2.18. The molecule has 24 heavy (non-hydrogen) atoms. The lowest BCUT2D eigenvalue weighted by atomic mass is 9.81. The largest absolute Gasteiger partial charge is 0.350 e. The highest BCUT2D eigenvalue weighted by atomic mass is 15.3. The van der Waals surface area contributed by atoms with Crippen LogP contribution in [0.4, 0.5) is 0 Å².